The van der Waals surface area contributed by atoms with E-state index >= 15 is 0 Å². The van der Waals surface area contributed by atoms with E-state index in [1.807, 2.05) is 44.2 Å². The first-order valence-electron chi connectivity index (χ1n) is 7.75. The smallest absolute Gasteiger partial charge is 0.224 e. The molecule has 2 aromatic rings. The zero-order chi connectivity index (χ0) is 16.2. The van der Waals surface area contributed by atoms with Crippen molar-refractivity contribution in [3.05, 3.63) is 42.1 Å². The number of carbonyl (C=O) groups is 1. The van der Waals surface area contributed by atoms with E-state index in [0.29, 0.717) is 0 Å². The minimum atomic E-state index is -0.883. The quantitative estimate of drug-likeness (QED) is 0.862. The molecular formula is C18H24N2O2. The fraction of sp³-hybridized carbons (Fsp3) is 0.444. The van der Waals surface area contributed by atoms with E-state index in [0.717, 1.165) is 22.9 Å². The molecule has 0 bridgehead atoms. The molecule has 22 heavy (non-hydrogen) atoms. The monoisotopic (exact) mass is 300 g/mol. The SMILES string of the molecule is CC[C@@H](C)[C@@](C)(O)CNC(=O)Cc1cnc2ccccc2c1. The first kappa shape index (κ1) is 16.4. The van der Waals surface area contributed by atoms with Gasteiger partial charge in [-0.2, -0.15) is 0 Å². The summed E-state index contributed by atoms with van der Waals surface area (Å²) in [6.45, 7) is 6.04. The number of hydrogen-bond acceptors (Lipinski definition) is 3. The highest BCUT2D eigenvalue weighted by molar-refractivity contribution is 5.82. The molecular weight excluding hydrogens is 276 g/mol. The van der Waals surface area contributed by atoms with Crippen LogP contribution in [0.25, 0.3) is 10.9 Å². The fourth-order valence-corrected chi connectivity index (χ4v) is 2.35. The standard InChI is InChI=1S/C18H24N2O2/c1-4-13(2)18(3,22)12-20-17(21)10-14-9-15-7-5-6-8-16(15)19-11-14/h5-9,11,13,22H,4,10,12H2,1-3H3,(H,20,21)/t13-,18+/m1/s1. The number of para-hydroxylation sites is 1. The Kier molecular flexibility index (Phi) is 5.14. The second-order valence-electron chi connectivity index (χ2n) is 6.16. The number of nitrogens with zero attached hydrogens (tertiary/aromatic N) is 1. The third kappa shape index (κ3) is 4.04. The van der Waals surface area contributed by atoms with E-state index in [9.17, 15) is 9.90 Å². The maximum absolute atomic E-state index is 12.1. The van der Waals surface area contributed by atoms with Crippen LogP contribution in [0.1, 0.15) is 32.8 Å². The van der Waals surface area contributed by atoms with Gasteiger partial charge in [0.2, 0.25) is 5.91 Å². The highest BCUT2D eigenvalue weighted by atomic mass is 16.3. The molecule has 4 nitrogen and oxygen atoms in total. The van der Waals surface area contributed by atoms with Crippen LogP contribution < -0.4 is 5.32 Å². The van der Waals surface area contributed by atoms with E-state index < -0.39 is 5.60 Å². The second kappa shape index (κ2) is 6.88. The van der Waals surface area contributed by atoms with Crippen molar-refractivity contribution in [3.63, 3.8) is 0 Å². The molecule has 1 heterocycles. The predicted molar refractivity (Wildman–Crippen MR) is 88.5 cm³/mol. The Morgan fingerprint density at radius 3 is 2.86 bits per heavy atom. The van der Waals surface area contributed by atoms with Crippen LogP contribution in [0.2, 0.25) is 0 Å². The van der Waals surface area contributed by atoms with Crippen LogP contribution in [-0.2, 0) is 11.2 Å². The van der Waals surface area contributed by atoms with Gasteiger partial charge in [-0.15, -0.1) is 0 Å². The van der Waals surface area contributed by atoms with Crippen LogP contribution in [0, 0.1) is 5.92 Å². The number of fused-ring (bicyclic) bond motifs is 1. The van der Waals surface area contributed by atoms with Crippen molar-refractivity contribution in [1.29, 1.82) is 0 Å². The van der Waals surface area contributed by atoms with Crippen molar-refractivity contribution in [2.24, 2.45) is 5.92 Å². The average molecular weight is 300 g/mol. The molecule has 0 saturated carbocycles. The zero-order valence-corrected chi connectivity index (χ0v) is 13.5. The average Bonchev–Trinajstić information content (AvgIpc) is 2.52. The number of pyridine rings is 1. The van der Waals surface area contributed by atoms with Gasteiger partial charge in [-0.25, -0.2) is 0 Å². The molecule has 0 unspecified atom stereocenters. The molecule has 2 atom stereocenters. The van der Waals surface area contributed by atoms with Crippen molar-refractivity contribution in [2.45, 2.75) is 39.2 Å². The number of hydrogen-bond donors (Lipinski definition) is 2. The lowest BCUT2D eigenvalue weighted by Crippen LogP contribution is -2.45. The van der Waals surface area contributed by atoms with Crippen molar-refractivity contribution in [3.8, 4) is 0 Å². The molecule has 118 valence electrons. The van der Waals surface area contributed by atoms with Crippen LogP contribution >= 0.6 is 0 Å². The Bertz CT molecular complexity index is 652. The minimum Gasteiger partial charge on any atom is -0.388 e. The van der Waals surface area contributed by atoms with Crippen molar-refractivity contribution in [2.75, 3.05) is 6.54 Å². The zero-order valence-electron chi connectivity index (χ0n) is 13.5. The highest BCUT2D eigenvalue weighted by Crippen LogP contribution is 2.19. The molecule has 0 radical (unpaired) electrons. The van der Waals surface area contributed by atoms with Gasteiger partial charge in [0, 0.05) is 18.1 Å². The van der Waals surface area contributed by atoms with Crippen molar-refractivity contribution in [1.82, 2.24) is 10.3 Å². The maximum Gasteiger partial charge on any atom is 0.224 e. The van der Waals surface area contributed by atoms with Crippen LogP contribution in [0.5, 0.6) is 0 Å². The van der Waals surface area contributed by atoms with Gasteiger partial charge < -0.3 is 10.4 Å². The lowest BCUT2D eigenvalue weighted by Gasteiger charge is -2.29. The van der Waals surface area contributed by atoms with E-state index in [1.54, 1.807) is 13.1 Å². The normalized spacial score (nSPS) is 15.3. The third-order valence-electron chi connectivity index (χ3n) is 4.33. The number of carbonyl (C=O) groups excluding carboxylic acids is 1. The summed E-state index contributed by atoms with van der Waals surface area (Å²) >= 11 is 0. The number of benzene rings is 1. The van der Waals surface area contributed by atoms with Gasteiger partial charge in [0.1, 0.15) is 0 Å². The van der Waals surface area contributed by atoms with E-state index in [2.05, 4.69) is 10.3 Å². The second-order valence-corrected chi connectivity index (χ2v) is 6.16. The molecule has 0 aliphatic rings. The predicted octanol–water partition coefficient (Wildman–Crippen LogP) is 2.69. The lowest BCUT2D eigenvalue weighted by atomic mass is 9.88. The molecule has 0 saturated heterocycles. The van der Waals surface area contributed by atoms with Crippen LogP contribution in [0.3, 0.4) is 0 Å². The third-order valence-corrected chi connectivity index (χ3v) is 4.33. The number of amides is 1. The first-order valence-corrected chi connectivity index (χ1v) is 7.75. The van der Waals surface area contributed by atoms with Gasteiger partial charge in [-0.1, -0.05) is 38.5 Å². The highest BCUT2D eigenvalue weighted by Gasteiger charge is 2.27. The molecule has 2 rings (SSSR count). The Morgan fingerprint density at radius 1 is 1.41 bits per heavy atom. The molecule has 4 heteroatoms. The molecule has 0 aliphatic heterocycles. The van der Waals surface area contributed by atoms with Crippen LogP contribution in [-0.4, -0.2) is 28.1 Å². The Balaban J connectivity index is 1.96. The van der Waals surface area contributed by atoms with Crippen molar-refractivity contribution >= 4 is 16.8 Å². The molecule has 0 fully saturated rings. The number of aliphatic hydroxyl groups is 1. The largest absolute Gasteiger partial charge is 0.388 e. The molecule has 0 aliphatic carbocycles. The maximum atomic E-state index is 12.1. The van der Waals surface area contributed by atoms with E-state index in [1.165, 1.54) is 0 Å². The number of aromatic nitrogens is 1. The van der Waals surface area contributed by atoms with Gasteiger partial charge in [0.25, 0.3) is 0 Å². The number of rotatable bonds is 6. The summed E-state index contributed by atoms with van der Waals surface area (Å²) in [5, 5.41) is 14.2. The fourth-order valence-electron chi connectivity index (χ4n) is 2.35. The van der Waals surface area contributed by atoms with Gasteiger partial charge in [0.05, 0.1) is 17.5 Å². The Labute approximate surface area is 131 Å². The van der Waals surface area contributed by atoms with E-state index in [-0.39, 0.29) is 24.8 Å². The van der Waals surface area contributed by atoms with E-state index in [4.69, 9.17) is 0 Å². The summed E-state index contributed by atoms with van der Waals surface area (Å²) in [5.41, 5.74) is 0.914. The van der Waals surface area contributed by atoms with Gasteiger partial charge in [-0.3, -0.25) is 9.78 Å². The minimum absolute atomic E-state index is 0.0966. The Hall–Kier alpha value is -1.94. The summed E-state index contributed by atoms with van der Waals surface area (Å²) < 4.78 is 0. The van der Waals surface area contributed by atoms with Crippen molar-refractivity contribution < 1.29 is 9.90 Å². The van der Waals surface area contributed by atoms with Crippen LogP contribution in [0.15, 0.2) is 36.5 Å². The molecule has 1 aromatic carbocycles. The van der Waals surface area contributed by atoms with Gasteiger partial charge in [0.15, 0.2) is 0 Å². The summed E-state index contributed by atoms with van der Waals surface area (Å²) in [6.07, 6.45) is 2.88. The molecule has 1 aromatic heterocycles. The molecule has 0 spiro atoms. The van der Waals surface area contributed by atoms with Gasteiger partial charge in [-0.05, 0) is 30.5 Å². The summed E-state index contributed by atoms with van der Waals surface area (Å²) in [6, 6.07) is 9.81. The Morgan fingerprint density at radius 2 is 2.14 bits per heavy atom. The first-order chi connectivity index (χ1) is 10.4. The topological polar surface area (TPSA) is 62.2 Å². The lowest BCUT2D eigenvalue weighted by molar-refractivity contribution is -0.122. The summed E-state index contributed by atoms with van der Waals surface area (Å²) in [4.78, 5) is 16.4. The van der Waals surface area contributed by atoms with Gasteiger partial charge >= 0.3 is 0 Å². The molecule has 2 N–H and O–H groups in total. The molecule has 1 amide bonds. The number of nitrogens with one attached hydrogen (secondary N) is 1. The summed E-state index contributed by atoms with van der Waals surface area (Å²) in [5.74, 6) is 0.0378. The van der Waals surface area contributed by atoms with Crippen LogP contribution in [0.4, 0.5) is 0 Å². The summed E-state index contributed by atoms with van der Waals surface area (Å²) in [7, 11) is 0.